The van der Waals surface area contributed by atoms with E-state index in [1.54, 1.807) is 0 Å². The van der Waals surface area contributed by atoms with Gasteiger partial charge in [-0.25, -0.2) is 0 Å². The third-order valence-corrected chi connectivity index (χ3v) is 2.87. The molecule has 0 saturated carbocycles. The van der Waals surface area contributed by atoms with Crippen molar-refractivity contribution in [3.8, 4) is 0 Å². The van der Waals surface area contributed by atoms with Crippen LogP contribution in [-0.2, 0) is 9.53 Å². The summed E-state index contributed by atoms with van der Waals surface area (Å²) in [5.41, 5.74) is 0. The number of rotatable bonds is 7. The lowest BCUT2D eigenvalue weighted by Crippen LogP contribution is -2.36. The van der Waals surface area contributed by atoms with Crippen molar-refractivity contribution in [1.29, 1.82) is 0 Å². The van der Waals surface area contributed by atoms with Gasteiger partial charge in [0.25, 0.3) is 0 Å². The van der Waals surface area contributed by atoms with Gasteiger partial charge in [0.15, 0.2) is 0 Å². The van der Waals surface area contributed by atoms with E-state index in [1.165, 1.54) is 0 Å². The SMILES string of the molecule is C=CCCOCCNC(=O)[C@@H]1CNC[C@H]1C. The van der Waals surface area contributed by atoms with Gasteiger partial charge in [-0.1, -0.05) is 13.0 Å². The van der Waals surface area contributed by atoms with Gasteiger partial charge in [0.1, 0.15) is 0 Å². The quantitative estimate of drug-likeness (QED) is 0.492. The molecule has 1 rings (SSSR count). The van der Waals surface area contributed by atoms with Gasteiger partial charge in [0.2, 0.25) is 5.91 Å². The first-order valence-corrected chi connectivity index (χ1v) is 5.92. The van der Waals surface area contributed by atoms with E-state index in [4.69, 9.17) is 4.74 Å². The second-order valence-corrected chi connectivity index (χ2v) is 4.22. The molecule has 2 atom stereocenters. The third-order valence-electron chi connectivity index (χ3n) is 2.87. The monoisotopic (exact) mass is 226 g/mol. The molecule has 4 nitrogen and oxygen atoms in total. The number of hydrogen-bond donors (Lipinski definition) is 2. The molecule has 0 aliphatic carbocycles. The minimum Gasteiger partial charge on any atom is -0.379 e. The Balaban J connectivity index is 2.04. The fourth-order valence-electron chi connectivity index (χ4n) is 1.81. The van der Waals surface area contributed by atoms with E-state index in [9.17, 15) is 4.79 Å². The molecule has 0 radical (unpaired) electrons. The summed E-state index contributed by atoms with van der Waals surface area (Å²) in [5.74, 6) is 0.694. The Kier molecular flexibility index (Phi) is 6.11. The highest BCUT2D eigenvalue weighted by Gasteiger charge is 2.28. The van der Waals surface area contributed by atoms with Crippen LogP contribution in [0.3, 0.4) is 0 Å². The molecule has 0 aromatic heterocycles. The summed E-state index contributed by atoms with van der Waals surface area (Å²) in [6.45, 7) is 9.30. The Hall–Kier alpha value is -0.870. The summed E-state index contributed by atoms with van der Waals surface area (Å²) in [6, 6.07) is 0. The van der Waals surface area contributed by atoms with E-state index in [1.807, 2.05) is 6.08 Å². The van der Waals surface area contributed by atoms with E-state index >= 15 is 0 Å². The van der Waals surface area contributed by atoms with E-state index in [-0.39, 0.29) is 11.8 Å². The van der Waals surface area contributed by atoms with Gasteiger partial charge >= 0.3 is 0 Å². The summed E-state index contributed by atoms with van der Waals surface area (Å²) >= 11 is 0. The molecule has 1 amide bonds. The van der Waals surface area contributed by atoms with Gasteiger partial charge in [0, 0.05) is 13.1 Å². The summed E-state index contributed by atoms with van der Waals surface area (Å²) in [5, 5.41) is 6.12. The lowest BCUT2D eigenvalue weighted by molar-refractivity contribution is -0.125. The van der Waals surface area contributed by atoms with Crippen molar-refractivity contribution in [3.05, 3.63) is 12.7 Å². The predicted molar refractivity (Wildman–Crippen MR) is 64.2 cm³/mol. The minimum atomic E-state index is 0.119. The third kappa shape index (κ3) is 4.33. The minimum absolute atomic E-state index is 0.119. The molecule has 1 aliphatic heterocycles. The molecule has 4 heteroatoms. The van der Waals surface area contributed by atoms with Gasteiger partial charge < -0.3 is 15.4 Å². The van der Waals surface area contributed by atoms with Crippen LogP contribution in [0.4, 0.5) is 0 Å². The van der Waals surface area contributed by atoms with Gasteiger partial charge in [-0.2, -0.15) is 0 Å². The molecule has 1 fully saturated rings. The normalized spacial score (nSPS) is 24.3. The molecule has 0 aromatic carbocycles. The van der Waals surface area contributed by atoms with E-state index in [0.29, 0.717) is 25.7 Å². The molecular weight excluding hydrogens is 204 g/mol. The molecule has 1 aliphatic rings. The zero-order valence-corrected chi connectivity index (χ0v) is 10.00. The van der Waals surface area contributed by atoms with Crippen LogP contribution in [0.2, 0.25) is 0 Å². The second-order valence-electron chi connectivity index (χ2n) is 4.22. The predicted octanol–water partition coefficient (Wildman–Crippen LogP) is 0.551. The van der Waals surface area contributed by atoms with Gasteiger partial charge in [-0.15, -0.1) is 6.58 Å². The summed E-state index contributed by atoms with van der Waals surface area (Å²) in [4.78, 5) is 11.7. The first-order valence-electron chi connectivity index (χ1n) is 5.92. The Morgan fingerprint density at radius 3 is 3.00 bits per heavy atom. The van der Waals surface area contributed by atoms with Crippen molar-refractivity contribution in [2.45, 2.75) is 13.3 Å². The standard InChI is InChI=1S/C12H22N2O2/c1-3-4-6-16-7-5-14-12(15)11-9-13-8-10(11)2/h3,10-11,13H,1,4-9H2,2H3,(H,14,15)/t10-,11-/m1/s1. The Morgan fingerprint density at radius 2 is 2.38 bits per heavy atom. The summed E-state index contributed by atoms with van der Waals surface area (Å²) in [6.07, 6.45) is 2.68. The molecule has 0 spiro atoms. The van der Waals surface area contributed by atoms with Crippen molar-refractivity contribution < 1.29 is 9.53 Å². The van der Waals surface area contributed by atoms with Crippen LogP contribution in [0.5, 0.6) is 0 Å². The maximum atomic E-state index is 11.7. The van der Waals surface area contributed by atoms with E-state index < -0.39 is 0 Å². The second kappa shape index (κ2) is 7.41. The number of carbonyl (C=O) groups is 1. The lowest BCUT2D eigenvalue weighted by Gasteiger charge is -2.14. The average Bonchev–Trinajstić information content (AvgIpc) is 2.69. The van der Waals surface area contributed by atoms with E-state index in [2.05, 4.69) is 24.1 Å². The van der Waals surface area contributed by atoms with Crippen LogP contribution < -0.4 is 10.6 Å². The summed E-state index contributed by atoms with van der Waals surface area (Å²) in [7, 11) is 0. The zero-order valence-electron chi connectivity index (χ0n) is 10.00. The molecule has 16 heavy (non-hydrogen) atoms. The average molecular weight is 226 g/mol. The van der Waals surface area contributed by atoms with Crippen LogP contribution in [0.25, 0.3) is 0 Å². The molecule has 0 aromatic rings. The molecule has 1 saturated heterocycles. The highest BCUT2D eigenvalue weighted by Crippen LogP contribution is 2.15. The molecule has 92 valence electrons. The molecular formula is C12H22N2O2. The van der Waals surface area contributed by atoms with Crippen LogP contribution in [-0.4, -0.2) is 38.8 Å². The van der Waals surface area contributed by atoms with Crippen molar-refractivity contribution in [2.24, 2.45) is 11.8 Å². The number of hydrogen-bond acceptors (Lipinski definition) is 3. The van der Waals surface area contributed by atoms with Crippen molar-refractivity contribution in [2.75, 3.05) is 32.8 Å². The van der Waals surface area contributed by atoms with E-state index in [0.717, 1.165) is 19.5 Å². The zero-order chi connectivity index (χ0) is 11.8. The summed E-state index contributed by atoms with van der Waals surface area (Å²) < 4.78 is 5.31. The Bertz CT molecular complexity index is 231. The fourth-order valence-corrected chi connectivity index (χ4v) is 1.81. The smallest absolute Gasteiger partial charge is 0.224 e. The molecule has 0 unspecified atom stereocenters. The fraction of sp³-hybridized carbons (Fsp3) is 0.750. The lowest BCUT2D eigenvalue weighted by atomic mass is 9.97. The van der Waals surface area contributed by atoms with Crippen molar-refractivity contribution >= 4 is 5.91 Å². The van der Waals surface area contributed by atoms with Crippen molar-refractivity contribution in [1.82, 2.24) is 10.6 Å². The first-order chi connectivity index (χ1) is 7.75. The molecule has 2 N–H and O–H groups in total. The maximum absolute atomic E-state index is 11.7. The Morgan fingerprint density at radius 1 is 1.56 bits per heavy atom. The molecule has 0 bridgehead atoms. The highest BCUT2D eigenvalue weighted by atomic mass is 16.5. The van der Waals surface area contributed by atoms with Crippen LogP contribution in [0.1, 0.15) is 13.3 Å². The van der Waals surface area contributed by atoms with Crippen LogP contribution in [0.15, 0.2) is 12.7 Å². The number of amides is 1. The van der Waals surface area contributed by atoms with Gasteiger partial charge in [-0.3, -0.25) is 4.79 Å². The Labute approximate surface area is 97.4 Å². The van der Waals surface area contributed by atoms with Crippen molar-refractivity contribution in [3.63, 3.8) is 0 Å². The maximum Gasteiger partial charge on any atom is 0.224 e. The number of carbonyl (C=O) groups excluding carboxylic acids is 1. The topological polar surface area (TPSA) is 50.4 Å². The van der Waals surface area contributed by atoms with Gasteiger partial charge in [0.05, 0.1) is 19.1 Å². The number of ether oxygens (including phenoxy) is 1. The van der Waals surface area contributed by atoms with Gasteiger partial charge in [-0.05, 0) is 18.9 Å². The number of nitrogens with one attached hydrogen (secondary N) is 2. The largest absolute Gasteiger partial charge is 0.379 e. The first kappa shape index (κ1) is 13.2. The van der Waals surface area contributed by atoms with Crippen LogP contribution >= 0.6 is 0 Å². The highest BCUT2D eigenvalue weighted by molar-refractivity contribution is 5.79. The molecule has 1 heterocycles. The van der Waals surface area contributed by atoms with Crippen LogP contribution in [0, 0.1) is 11.8 Å².